The van der Waals surface area contributed by atoms with Crippen molar-refractivity contribution in [1.82, 2.24) is 5.32 Å². The Kier molecular flexibility index (Phi) is 3.02. The number of benzene rings is 1. The first-order valence-electron chi connectivity index (χ1n) is 5.30. The van der Waals surface area contributed by atoms with Gasteiger partial charge in [-0.15, -0.1) is 0 Å². The summed E-state index contributed by atoms with van der Waals surface area (Å²) in [5.41, 5.74) is 1.12. The zero-order chi connectivity index (χ0) is 10.7. The lowest BCUT2D eigenvalue weighted by Crippen LogP contribution is -2.45. The number of carboxylic acid groups (broad SMARTS) is 1. The fourth-order valence-electron chi connectivity index (χ4n) is 2.21. The van der Waals surface area contributed by atoms with Gasteiger partial charge < -0.3 is 10.4 Å². The monoisotopic (exact) mass is 205 g/mol. The molecule has 1 fully saturated rings. The number of hydrogen-bond acceptors (Lipinski definition) is 2. The van der Waals surface area contributed by atoms with E-state index in [1.807, 2.05) is 30.3 Å². The second kappa shape index (κ2) is 4.45. The molecule has 2 rings (SSSR count). The molecule has 80 valence electrons. The minimum atomic E-state index is -0.747. The third-order valence-corrected chi connectivity index (χ3v) is 2.95. The third-order valence-electron chi connectivity index (χ3n) is 2.95. The largest absolute Gasteiger partial charge is 0.480 e. The molecular weight excluding hydrogens is 190 g/mol. The van der Waals surface area contributed by atoms with Crippen LogP contribution in [0.2, 0.25) is 0 Å². The molecule has 0 aromatic heterocycles. The zero-order valence-electron chi connectivity index (χ0n) is 8.52. The molecule has 2 atom stereocenters. The van der Waals surface area contributed by atoms with E-state index in [-0.39, 0.29) is 5.92 Å². The predicted octanol–water partition coefficient (Wildman–Crippen LogP) is 1.61. The first-order chi connectivity index (χ1) is 7.29. The van der Waals surface area contributed by atoms with E-state index >= 15 is 0 Å². The van der Waals surface area contributed by atoms with Crippen molar-refractivity contribution in [3.8, 4) is 0 Å². The van der Waals surface area contributed by atoms with Crippen LogP contribution >= 0.6 is 0 Å². The topological polar surface area (TPSA) is 49.3 Å². The molecule has 0 amide bonds. The van der Waals surface area contributed by atoms with E-state index in [0.717, 1.165) is 24.9 Å². The van der Waals surface area contributed by atoms with Crippen LogP contribution in [-0.2, 0) is 4.79 Å². The molecule has 3 heteroatoms. The molecule has 1 aromatic carbocycles. The third kappa shape index (κ3) is 2.18. The average molecular weight is 205 g/mol. The van der Waals surface area contributed by atoms with Gasteiger partial charge in [-0.3, -0.25) is 4.79 Å². The van der Waals surface area contributed by atoms with Gasteiger partial charge in [0.15, 0.2) is 0 Å². The van der Waals surface area contributed by atoms with Crippen molar-refractivity contribution in [2.75, 3.05) is 6.54 Å². The summed E-state index contributed by atoms with van der Waals surface area (Å²) in [6.45, 7) is 0.806. The molecule has 0 unspecified atom stereocenters. The Labute approximate surface area is 89.1 Å². The Morgan fingerprint density at radius 2 is 2.07 bits per heavy atom. The Hall–Kier alpha value is -1.35. The first-order valence-corrected chi connectivity index (χ1v) is 5.30. The lowest BCUT2D eigenvalue weighted by atomic mass is 9.85. The highest BCUT2D eigenvalue weighted by molar-refractivity contribution is 5.75. The molecule has 0 saturated carbocycles. The van der Waals surface area contributed by atoms with Crippen LogP contribution in [0.1, 0.15) is 24.3 Å². The second-order valence-corrected chi connectivity index (χ2v) is 3.93. The van der Waals surface area contributed by atoms with Crippen LogP contribution in [-0.4, -0.2) is 23.7 Å². The second-order valence-electron chi connectivity index (χ2n) is 3.93. The molecule has 0 radical (unpaired) electrons. The number of nitrogens with one attached hydrogen (secondary N) is 1. The minimum Gasteiger partial charge on any atom is -0.480 e. The summed E-state index contributed by atoms with van der Waals surface area (Å²) < 4.78 is 0. The van der Waals surface area contributed by atoms with Crippen LogP contribution in [0.3, 0.4) is 0 Å². The maximum absolute atomic E-state index is 11.1. The molecule has 2 N–H and O–H groups in total. The van der Waals surface area contributed by atoms with E-state index in [1.165, 1.54) is 0 Å². The van der Waals surface area contributed by atoms with Crippen LogP contribution in [0.4, 0.5) is 0 Å². The maximum Gasteiger partial charge on any atom is 0.321 e. The Balaban J connectivity index is 2.22. The molecule has 1 aliphatic heterocycles. The van der Waals surface area contributed by atoms with Gasteiger partial charge in [-0.2, -0.15) is 0 Å². The summed E-state index contributed by atoms with van der Waals surface area (Å²) in [6.07, 6.45) is 2.00. The van der Waals surface area contributed by atoms with Gasteiger partial charge in [0.05, 0.1) is 0 Å². The van der Waals surface area contributed by atoms with Gasteiger partial charge in [-0.1, -0.05) is 30.3 Å². The van der Waals surface area contributed by atoms with Crippen LogP contribution in [0, 0.1) is 0 Å². The summed E-state index contributed by atoms with van der Waals surface area (Å²) >= 11 is 0. The van der Waals surface area contributed by atoms with E-state index < -0.39 is 12.0 Å². The maximum atomic E-state index is 11.1. The van der Waals surface area contributed by atoms with Crippen molar-refractivity contribution < 1.29 is 9.90 Å². The summed E-state index contributed by atoms with van der Waals surface area (Å²) in [5.74, 6) is -0.638. The molecule has 1 heterocycles. The molecule has 15 heavy (non-hydrogen) atoms. The van der Waals surface area contributed by atoms with Gasteiger partial charge in [0.1, 0.15) is 6.04 Å². The van der Waals surface area contributed by atoms with Crippen molar-refractivity contribution in [2.24, 2.45) is 0 Å². The standard InChI is InChI=1S/C12H15NO2/c14-12(15)11-10(7-4-8-13-11)9-5-2-1-3-6-9/h1-3,5-6,10-11,13H,4,7-8H2,(H,14,15)/t10-,11-/m0/s1. The van der Waals surface area contributed by atoms with E-state index in [4.69, 9.17) is 5.11 Å². The highest BCUT2D eigenvalue weighted by atomic mass is 16.4. The molecule has 0 bridgehead atoms. The van der Waals surface area contributed by atoms with Crippen LogP contribution < -0.4 is 5.32 Å². The van der Waals surface area contributed by atoms with E-state index in [9.17, 15) is 4.79 Å². The summed E-state index contributed by atoms with van der Waals surface area (Å²) in [6, 6.07) is 9.46. The fraction of sp³-hybridized carbons (Fsp3) is 0.417. The Morgan fingerprint density at radius 1 is 1.33 bits per heavy atom. The van der Waals surface area contributed by atoms with Gasteiger partial charge >= 0.3 is 5.97 Å². The number of rotatable bonds is 2. The normalized spacial score (nSPS) is 26.1. The quantitative estimate of drug-likeness (QED) is 0.771. The molecular formula is C12H15NO2. The van der Waals surface area contributed by atoms with Crippen molar-refractivity contribution in [1.29, 1.82) is 0 Å². The average Bonchev–Trinajstić information content (AvgIpc) is 2.30. The number of hydrogen-bond donors (Lipinski definition) is 2. The fourth-order valence-corrected chi connectivity index (χ4v) is 2.21. The van der Waals surface area contributed by atoms with Crippen molar-refractivity contribution in [3.05, 3.63) is 35.9 Å². The highest BCUT2D eigenvalue weighted by Crippen LogP contribution is 2.27. The van der Waals surface area contributed by atoms with Crippen molar-refractivity contribution in [3.63, 3.8) is 0 Å². The SMILES string of the molecule is O=C(O)[C@H]1NCCC[C@H]1c1ccccc1. The van der Waals surface area contributed by atoms with Gasteiger partial charge in [-0.25, -0.2) is 0 Å². The van der Waals surface area contributed by atoms with E-state index in [1.54, 1.807) is 0 Å². The lowest BCUT2D eigenvalue weighted by molar-refractivity contribution is -0.140. The van der Waals surface area contributed by atoms with Gasteiger partial charge in [0.2, 0.25) is 0 Å². The molecule has 3 nitrogen and oxygen atoms in total. The molecule has 0 aliphatic carbocycles. The van der Waals surface area contributed by atoms with Crippen LogP contribution in [0.5, 0.6) is 0 Å². The Morgan fingerprint density at radius 3 is 2.73 bits per heavy atom. The minimum absolute atomic E-state index is 0.109. The summed E-state index contributed by atoms with van der Waals surface area (Å²) in [7, 11) is 0. The lowest BCUT2D eigenvalue weighted by Gasteiger charge is -2.29. The van der Waals surface area contributed by atoms with Crippen LogP contribution in [0.15, 0.2) is 30.3 Å². The number of piperidine rings is 1. The first kappa shape index (κ1) is 10.2. The van der Waals surface area contributed by atoms with Gasteiger partial charge in [0.25, 0.3) is 0 Å². The van der Waals surface area contributed by atoms with Crippen molar-refractivity contribution >= 4 is 5.97 Å². The molecule has 0 spiro atoms. The number of carboxylic acids is 1. The van der Waals surface area contributed by atoms with E-state index in [2.05, 4.69) is 5.32 Å². The smallest absolute Gasteiger partial charge is 0.321 e. The van der Waals surface area contributed by atoms with Crippen molar-refractivity contribution in [2.45, 2.75) is 24.8 Å². The van der Waals surface area contributed by atoms with Crippen LogP contribution in [0.25, 0.3) is 0 Å². The van der Waals surface area contributed by atoms with E-state index in [0.29, 0.717) is 0 Å². The highest BCUT2D eigenvalue weighted by Gasteiger charge is 2.31. The number of aliphatic carboxylic acids is 1. The van der Waals surface area contributed by atoms with Gasteiger partial charge in [-0.05, 0) is 24.9 Å². The summed E-state index contributed by atoms with van der Waals surface area (Å²) in [5, 5.41) is 12.2. The zero-order valence-corrected chi connectivity index (χ0v) is 8.52. The van der Waals surface area contributed by atoms with Gasteiger partial charge in [0, 0.05) is 5.92 Å². The molecule has 1 aliphatic rings. The molecule has 1 aromatic rings. The summed E-state index contributed by atoms with van der Waals surface area (Å²) in [4.78, 5) is 11.1. The molecule has 1 saturated heterocycles. The Bertz CT molecular complexity index is 337. The number of carbonyl (C=O) groups is 1. The predicted molar refractivity (Wildman–Crippen MR) is 57.8 cm³/mol.